The van der Waals surface area contributed by atoms with E-state index in [4.69, 9.17) is 9.47 Å². The number of para-hydroxylation sites is 2. The van der Waals surface area contributed by atoms with Crippen LogP contribution in [0.2, 0.25) is 0 Å². The van der Waals surface area contributed by atoms with Crippen molar-refractivity contribution in [3.63, 3.8) is 0 Å². The second-order valence-electron chi connectivity index (χ2n) is 7.57. The first-order valence-corrected chi connectivity index (χ1v) is 9.76. The van der Waals surface area contributed by atoms with Crippen LogP contribution in [-0.2, 0) is 9.59 Å². The molecule has 3 aliphatic heterocycles. The van der Waals surface area contributed by atoms with Gasteiger partial charge in [-0.25, -0.2) is 9.37 Å². The third-order valence-electron chi connectivity index (χ3n) is 5.61. The summed E-state index contributed by atoms with van der Waals surface area (Å²) in [7, 11) is 3.15. The van der Waals surface area contributed by atoms with Crippen LogP contribution in [0.4, 0.5) is 4.79 Å². The molecular formula is C20H25N4O5+. The third-order valence-corrected chi connectivity index (χ3v) is 5.61. The fourth-order valence-corrected chi connectivity index (χ4v) is 3.88. The van der Waals surface area contributed by atoms with Crippen molar-refractivity contribution in [2.45, 2.75) is 31.0 Å². The molecule has 9 heteroatoms. The molecule has 29 heavy (non-hydrogen) atoms. The highest BCUT2D eigenvalue weighted by Crippen LogP contribution is 2.31. The molecule has 1 fully saturated rings. The van der Waals surface area contributed by atoms with Gasteiger partial charge in [0.2, 0.25) is 6.10 Å². The van der Waals surface area contributed by atoms with Gasteiger partial charge in [-0.3, -0.25) is 9.69 Å². The van der Waals surface area contributed by atoms with Crippen molar-refractivity contribution in [3.8, 4) is 11.5 Å². The Labute approximate surface area is 168 Å². The number of nitrogens with one attached hydrogen (secondary N) is 1. The molecule has 4 amide bonds. The van der Waals surface area contributed by atoms with E-state index in [0.29, 0.717) is 24.6 Å². The Morgan fingerprint density at radius 3 is 2.59 bits per heavy atom. The monoisotopic (exact) mass is 401 g/mol. The van der Waals surface area contributed by atoms with Crippen LogP contribution in [0.1, 0.15) is 12.8 Å². The van der Waals surface area contributed by atoms with Gasteiger partial charge in [-0.2, -0.15) is 9.69 Å². The summed E-state index contributed by atoms with van der Waals surface area (Å²) in [6, 6.07) is 6.51. The van der Waals surface area contributed by atoms with Gasteiger partial charge in [0.05, 0.1) is 14.1 Å². The number of ether oxygens (including phenoxy) is 2. The summed E-state index contributed by atoms with van der Waals surface area (Å²) in [5, 5.41) is 3.04. The lowest BCUT2D eigenvalue weighted by atomic mass is 10.0. The lowest BCUT2D eigenvalue weighted by molar-refractivity contribution is -0.401. The molecule has 3 aliphatic rings. The maximum Gasteiger partial charge on any atom is 0.500 e. The number of carbonyl (C=O) groups is 3. The molecule has 1 saturated heterocycles. The van der Waals surface area contributed by atoms with Gasteiger partial charge in [-0.1, -0.05) is 12.1 Å². The van der Waals surface area contributed by atoms with Gasteiger partial charge in [0.15, 0.2) is 17.5 Å². The van der Waals surface area contributed by atoms with Crippen LogP contribution in [0.25, 0.3) is 0 Å². The number of nitrogens with zero attached hydrogens (tertiary/aromatic N) is 3. The zero-order valence-corrected chi connectivity index (χ0v) is 16.5. The van der Waals surface area contributed by atoms with E-state index in [1.807, 2.05) is 23.1 Å². The molecule has 9 nitrogen and oxygen atoms in total. The number of amides is 4. The average Bonchev–Trinajstić information content (AvgIpc) is 2.75. The Kier molecular flexibility index (Phi) is 5.23. The Morgan fingerprint density at radius 2 is 1.86 bits per heavy atom. The summed E-state index contributed by atoms with van der Waals surface area (Å²) in [5.74, 6) is 0.805. The Balaban J connectivity index is 1.31. The number of likely N-dealkylation sites (tertiary alicyclic amines) is 1. The van der Waals surface area contributed by atoms with Gasteiger partial charge < -0.3 is 14.8 Å². The number of imide groups is 1. The van der Waals surface area contributed by atoms with E-state index in [9.17, 15) is 14.4 Å². The zero-order chi connectivity index (χ0) is 20.5. The lowest BCUT2D eigenvalue weighted by Gasteiger charge is -2.36. The quantitative estimate of drug-likeness (QED) is 0.722. The largest absolute Gasteiger partial charge is 0.500 e. The lowest BCUT2D eigenvalue weighted by Crippen LogP contribution is -2.59. The van der Waals surface area contributed by atoms with Crippen LogP contribution in [0.3, 0.4) is 0 Å². The number of hydrogen-bond donors (Lipinski definition) is 1. The van der Waals surface area contributed by atoms with E-state index >= 15 is 0 Å². The molecule has 3 heterocycles. The number of fused-ring (bicyclic) bond motifs is 1. The van der Waals surface area contributed by atoms with Crippen molar-refractivity contribution in [1.82, 2.24) is 15.1 Å². The second kappa shape index (κ2) is 7.82. The second-order valence-corrected chi connectivity index (χ2v) is 7.57. The number of likely N-dealkylation sites (N-methyl/N-ethyl adjacent to an activating group) is 1. The first-order chi connectivity index (χ1) is 13.9. The van der Waals surface area contributed by atoms with E-state index in [1.54, 1.807) is 19.3 Å². The minimum Gasteiger partial charge on any atom is -0.485 e. The molecule has 1 N–H and O–H groups in total. The number of benzene rings is 1. The molecule has 0 saturated carbocycles. The summed E-state index contributed by atoms with van der Waals surface area (Å²) in [4.78, 5) is 40.1. The van der Waals surface area contributed by atoms with E-state index < -0.39 is 12.1 Å². The molecule has 1 aromatic carbocycles. The summed E-state index contributed by atoms with van der Waals surface area (Å²) < 4.78 is 12.8. The van der Waals surface area contributed by atoms with Crippen LogP contribution in [-0.4, -0.2) is 90.4 Å². The third kappa shape index (κ3) is 3.82. The van der Waals surface area contributed by atoms with Crippen molar-refractivity contribution in [2.24, 2.45) is 0 Å². The van der Waals surface area contributed by atoms with Gasteiger partial charge in [-0.15, -0.1) is 0 Å². The molecule has 154 valence electrons. The molecule has 1 aromatic rings. The van der Waals surface area contributed by atoms with Gasteiger partial charge in [0.25, 0.3) is 5.91 Å². The normalized spacial score (nSPS) is 25.6. The summed E-state index contributed by atoms with van der Waals surface area (Å²) in [6.45, 7) is 1.48. The van der Waals surface area contributed by atoms with Crippen LogP contribution in [0.5, 0.6) is 11.5 Å². The van der Waals surface area contributed by atoms with Gasteiger partial charge in [0, 0.05) is 19.1 Å². The molecule has 0 spiro atoms. The first-order valence-electron chi connectivity index (χ1n) is 9.76. The maximum absolute atomic E-state index is 12.6. The van der Waals surface area contributed by atoms with Crippen molar-refractivity contribution in [2.75, 3.05) is 33.8 Å². The Hall–Kier alpha value is -2.94. The van der Waals surface area contributed by atoms with Crippen LogP contribution >= 0.6 is 0 Å². The maximum atomic E-state index is 12.6. The first kappa shape index (κ1) is 19.4. The molecule has 2 atom stereocenters. The van der Waals surface area contributed by atoms with Crippen molar-refractivity contribution in [3.05, 3.63) is 24.3 Å². The molecule has 4 rings (SSSR count). The van der Waals surface area contributed by atoms with Crippen molar-refractivity contribution < 1.29 is 28.4 Å². The SMILES string of the molecule is CN1C(=O)C(N2CCC(NC(=O)C3COc4ccccc4O3)CC2)C=[N+](C)C1=O. The van der Waals surface area contributed by atoms with E-state index in [1.165, 1.54) is 11.6 Å². The van der Waals surface area contributed by atoms with Crippen LogP contribution in [0.15, 0.2) is 24.3 Å². The molecular weight excluding hydrogens is 376 g/mol. The number of hydrogen-bond acceptors (Lipinski definition) is 6. The van der Waals surface area contributed by atoms with Gasteiger partial charge in [0.1, 0.15) is 12.8 Å². The fraction of sp³-hybridized carbons (Fsp3) is 0.500. The fourth-order valence-electron chi connectivity index (χ4n) is 3.88. The summed E-state index contributed by atoms with van der Waals surface area (Å²) >= 11 is 0. The highest BCUT2D eigenvalue weighted by atomic mass is 16.6. The highest BCUT2D eigenvalue weighted by Gasteiger charge is 2.43. The molecule has 0 radical (unpaired) electrons. The Bertz CT molecular complexity index is 862. The minimum absolute atomic E-state index is 0.00954. The smallest absolute Gasteiger partial charge is 0.485 e. The number of rotatable bonds is 3. The van der Waals surface area contributed by atoms with Gasteiger partial charge in [-0.05, 0) is 25.0 Å². The van der Waals surface area contributed by atoms with Gasteiger partial charge >= 0.3 is 11.9 Å². The summed E-state index contributed by atoms with van der Waals surface area (Å²) in [6.07, 6.45) is 2.42. The summed E-state index contributed by atoms with van der Waals surface area (Å²) in [5.41, 5.74) is 0. The predicted molar refractivity (Wildman–Crippen MR) is 103 cm³/mol. The highest BCUT2D eigenvalue weighted by molar-refractivity contribution is 6.06. The van der Waals surface area contributed by atoms with Crippen molar-refractivity contribution in [1.29, 1.82) is 0 Å². The molecule has 0 bridgehead atoms. The average molecular weight is 401 g/mol. The topological polar surface area (TPSA) is 91.2 Å². The molecule has 0 aromatic heterocycles. The van der Waals surface area contributed by atoms with Crippen LogP contribution < -0.4 is 14.8 Å². The van der Waals surface area contributed by atoms with Crippen molar-refractivity contribution >= 4 is 24.1 Å². The standard InChI is InChI=1S/C20H24N4O5/c1-22-11-14(19(26)23(2)20(22)27)24-9-7-13(8-10-24)21-18(25)17-12-28-15-5-3-4-6-16(15)29-17/h3-6,11,13-14,17H,7-10,12H2,1-2H3/p+1. The molecule has 0 aliphatic carbocycles. The number of urea groups is 1. The van der Waals surface area contributed by atoms with Crippen LogP contribution in [0, 0.1) is 0 Å². The number of carbonyl (C=O) groups excluding carboxylic acids is 3. The van der Waals surface area contributed by atoms with E-state index in [-0.39, 0.29) is 30.5 Å². The Morgan fingerprint density at radius 1 is 1.17 bits per heavy atom. The van der Waals surface area contributed by atoms with E-state index in [0.717, 1.165) is 17.7 Å². The predicted octanol–water partition coefficient (Wildman–Crippen LogP) is 0.0807. The number of piperidine rings is 1. The zero-order valence-electron chi connectivity index (χ0n) is 16.5. The molecule has 2 unspecified atom stereocenters. The minimum atomic E-state index is -0.676. The van der Waals surface area contributed by atoms with E-state index in [2.05, 4.69) is 5.32 Å².